The van der Waals surface area contributed by atoms with Gasteiger partial charge in [-0.25, -0.2) is 4.79 Å². The molecule has 1 aromatic carbocycles. The van der Waals surface area contributed by atoms with E-state index in [0.29, 0.717) is 4.88 Å². The van der Waals surface area contributed by atoms with Crippen LogP contribution >= 0.6 is 11.3 Å². The van der Waals surface area contributed by atoms with Gasteiger partial charge in [-0.15, -0.1) is 11.3 Å². The van der Waals surface area contributed by atoms with Crippen molar-refractivity contribution in [3.05, 3.63) is 50.7 Å². The number of fused-ring (bicyclic) bond motifs is 1. The maximum Gasteiger partial charge on any atom is 0.349 e. The van der Waals surface area contributed by atoms with Gasteiger partial charge in [0.2, 0.25) is 0 Å². The third-order valence-electron chi connectivity index (χ3n) is 4.24. The number of anilines is 1. The van der Waals surface area contributed by atoms with E-state index < -0.39 is 12.1 Å². The number of hydrogen-bond acceptors (Lipinski definition) is 4. The summed E-state index contributed by atoms with van der Waals surface area (Å²) < 4.78 is 5.33. The van der Waals surface area contributed by atoms with E-state index >= 15 is 0 Å². The molecule has 0 radical (unpaired) electrons. The fraction of sp³-hybridized carbons (Fsp3) is 0.368. The van der Waals surface area contributed by atoms with Gasteiger partial charge in [0.05, 0.1) is 0 Å². The lowest BCUT2D eigenvalue weighted by molar-refractivity contribution is -0.123. The van der Waals surface area contributed by atoms with E-state index in [4.69, 9.17) is 4.74 Å². The van der Waals surface area contributed by atoms with Crippen molar-refractivity contribution < 1.29 is 14.3 Å². The van der Waals surface area contributed by atoms with Crippen molar-refractivity contribution in [2.75, 3.05) is 5.32 Å². The minimum Gasteiger partial charge on any atom is -0.448 e. The standard InChI is InChI=1S/C19H21NO3S/c1-11-7-8-15(12(2)9-11)20-18(21)13(3)23-19(22)17-10-14-5-4-6-16(14)24-17/h7-10,13H,4-6H2,1-3H3,(H,20,21)/t13-/m0/s1. The van der Waals surface area contributed by atoms with Gasteiger partial charge in [0, 0.05) is 10.6 Å². The molecule has 126 valence electrons. The number of carbonyl (C=O) groups excluding carboxylic acids is 2. The molecule has 1 aromatic heterocycles. The Kier molecular flexibility index (Phi) is 4.71. The highest BCUT2D eigenvalue weighted by Crippen LogP contribution is 2.31. The number of nitrogens with one attached hydrogen (secondary N) is 1. The Morgan fingerprint density at radius 2 is 2.00 bits per heavy atom. The number of hydrogen-bond donors (Lipinski definition) is 1. The van der Waals surface area contributed by atoms with Crippen LogP contribution in [0.15, 0.2) is 24.3 Å². The number of benzene rings is 1. The largest absolute Gasteiger partial charge is 0.448 e. The number of ether oxygens (including phenoxy) is 1. The van der Waals surface area contributed by atoms with Gasteiger partial charge in [-0.1, -0.05) is 17.7 Å². The number of esters is 1. The summed E-state index contributed by atoms with van der Waals surface area (Å²) in [6.45, 7) is 5.53. The predicted molar refractivity (Wildman–Crippen MR) is 95.8 cm³/mol. The summed E-state index contributed by atoms with van der Waals surface area (Å²) in [6, 6.07) is 7.71. The van der Waals surface area contributed by atoms with Gasteiger partial charge in [-0.05, 0) is 63.3 Å². The molecule has 1 amide bonds. The van der Waals surface area contributed by atoms with Gasteiger partial charge < -0.3 is 10.1 Å². The fourth-order valence-electron chi connectivity index (χ4n) is 2.89. The first-order valence-electron chi connectivity index (χ1n) is 8.14. The maximum atomic E-state index is 12.3. The third-order valence-corrected chi connectivity index (χ3v) is 5.46. The quantitative estimate of drug-likeness (QED) is 0.853. The van der Waals surface area contributed by atoms with Crippen LogP contribution in [0.3, 0.4) is 0 Å². The smallest absolute Gasteiger partial charge is 0.349 e. The first-order chi connectivity index (χ1) is 11.4. The summed E-state index contributed by atoms with van der Waals surface area (Å²) in [6.07, 6.45) is 2.39. The van der Waals surface area contributed by atoms with E-state index in [2.05, 4.69) is 5.32 Å². The SMILES string of the molecule is Cc1ccc(NC(=O)[C@H](C)OC(=O)c2cc3c(s2)CCC3)c(C)c1. The summed E-state index contributed by atoms with van der Waals surface area (Å²) in [4.78, 5) is 26.4. The van der Waals surface area contributed by atoms with Crippen LogP contribution in [0.1, 0.15) is 44.6 Å². The topological polar surface area (TPSA) is 55.4 Å². The minimum absolute atomic E-state index is 0.320. The highest BCUT2D eigenvalue weighted by molar-refractivity contribution is 7.14. The van der Waals surface area contributed by atoms with Crippen LogP contribution in [0.5, 0.6) is 0 Å². The van der Waals surface area contributed by atoms with Crippen molar-refractivity contribution in [2.24, 2.45) is 0 Å². The number of amides is 1. The zero-order chi connectivity index (χ0) is 17.3. The molecule has 5 heteroatoms. The molecule has 0 saturated heterocycles. The van der Waals surface area contributed by atoms with E-state index in [1.165, 1.54) is 21.8 Å². The monoisotopic (exact) mass is 343 g/mol. The van der Waals surface area contributed by atoms with Gasteiger partial charge in [0.1, 0.15) is 4.88 Å². The maximum absolute atomic E-state index is 12.3. The number of aryl methyl sites for hydroxylation is 4. The van der Waals surface area contributed by atoms with E-state index in [1.54, 1.807) is 6.92 Å². The van der Waals surface area contributed by atoms with Crippen LogP contribution in [0.4, 0.5) is 5.69 Å². The third kappa shape index (κ3) is 3.51. The van der Waals surface area contributed by atoms with Crippen molar-refractivity contribution in [1.29, 1.82) is 0 Å². The molecule has 1 aliphatic rings. The van der Waals surface area contributed by atoms with Gasteiger partial charge in [-0.3, -0.25) is 4.79 Å². The second kappa shape index (κ2) is 6.77. The molecule has 0 bridgehead atoms. The summed E-state index contributed by atoms with van der Waals surface area (Å²) in [5, 5.41) is 2.82. The Morgan fingerprint density at radius 1 is 1.21 bits per heavy atom. The van der Waals surface area contributed by atoms with Gasteiger partial charge >= 0.3 is 5.97 Å². The fourth-order valence-corrected chi connectivity index (χ4v) is 4.03. The molecular formula is C19H21NO3S. The molecule has 1 N–H and O–H groups in total. The molecule has 1 heterocycles. The van der Waals surface area contributed by atoms with Crippen LogP contribution in [-0.4, -0.2) is 18.0 Å². The Balaban J connectivity index is 1.61. The lowest BCUT2D eigenvalue weighted by Gasteiger charge is -2.14. The molecule has 0 saturated carbocycles. The first-order valence-corrected chi connectivity index (χ1v) is 8.96. The van der Waals surface area contributed by atoms with Crippen molar-refractivity contribution >= 4 is 28.9 Å². The molecule has 1 aliphatic carbocycles. The van der Waals surface area contributed by atoms with Crippen molar-refractivity contribution in [1.82, 2.24) is 0 Å². The second-order valence-electron chi connectivity index (χ2n) is 6.27. The van der Waals surface area contributed by atoms with E-state index in [-0.39, 0.29) is 5.91 Å². The van der Waals surface area contributed by atoms with Gasteiger partial charge in [0.15, 0.2) is 6.10 Å². The average Bonchev–Trinajstić information content (AvgIpc) is 3.11. The minimum atomic E-state index is -0.838. The van der Waals surface area contributed by atoms with Crippen LogP contribution in [-0.2, 0) is 22.4 Å². The van der Waals surface area contributed by atoms with Gasteiger partial charge in [-0.2, -0.15) is 0 Å². The number of rotatable bonds is 4. The second-order valence-corrected chi connectivity index (χ2v) is 7.40. The van der Waals surface area contributed by atoms with Crippen molar-refractivity contribution in [3.8, 4) is 0 Å². The zero-order valence-corrected chi connectivity index (χ0v) is 15.0. The number of thiophene rings is 1. The van der Waals surface area contributed by atoms with Crippen LogP contribution < -0.4 is 5.32 Å². The highest BCUT2D eigenvalue weighted by atomic mass is 32.1. The van der Waals surface area contributed by atoms with Crippen molar-refractivity contribution in [3.63, 3.8) is 0 Å². The first kappa shape index (κ1) is 16.7. The number of carbonyl (C=O) groups is 2. The predicted octanol–water partition coefficient (Wildman–Crippen LogP) is 4.04. The molecule has 0 aliphatic heterocycles. The lowest BCUT2D eigenvalue weighted by atomic mass is 10.1. The van der Waals surface area contributed by atoms with E-state index in [0.717, 1.165) is 36.1 Å². The zero-order valence-electron chi connectivity index (χ0n) is 14.1. The molecule has 0 unspecified atom stereocenters. The summed E-state index contributed by atoms with van der Waals surface area (Å²) >= 11 is 1.49. The molecule has 2 aromatic rings. The Labute approximate surface area is 145 Å². The van der Waals surface area contributed by atoms with Gasteiger partial charge in [0.25, 0.3) is 5.91 Å². The molecule has 3 rings (SSSR count). The summed E-state index contributed by atoms with van der Waals surface area (Å²) in [5.74, 6) is -0.739. The van der Waals surface area contributed by atoms with Crippen LogP contribution in [0.25, 0.3) is 0 Å². The molecule has 0 spiro atoms. The Bertz CT molecular complexity index is 772. The van der Waals surface area contributed by atoms with Crippen LogP contribution in [0, 0.1) is 13.8 Å². The van der Waals surface area contributed by atoms with Crippen LogP contribution in [0.2, 0.25) is 0 Å². The van der Waals surface area contributed by atoms with E-state index in [9.17, 15) is 9.59 Å². The average molecular weight is 343 g/mol. The lowest BCUT2D eigenvalue weighted by Crippen LogP contribution is -2.30. The normalized spacial score (nSPS) is 14.1. The molecule has 24 heavy (non-hydrogen) atoms. The summed E-state index contributed by atoms with van der Waals surface area (Å²) in [5.41, 5.74) is 4.11. The van der Waals surface area contributed by atoms with E-state index in [1.807, 2.05) is 38.1 Å². The summed E-state index contributed by atoms with van der Waals surface area (Å²) in [7, 11) is 0. The molecule has 4 nitrogen and oxygen atoms in total. The Hall–Kier alpha value is -2.14. The van der Waals surface area contributed by atoms with Crippen molar-refractivity contribution in [2.45, 2.75) is 46.1 Å². The molecular weight excluding hydrogens is 322 g/mol. The molecule has 1 atom stereocenters. The Morgan fingerprint density at radius 3 is 2.71 bits per heavy atom. The molecule has 0 fully saturated rings. The highest BCUT2D eigenvalue weighted by Gasteiger charge is 2.23.